The first-order valence-corrected chi connectivity index (χ1v) is 9.68. The molecule has 2 aliphatic carbocycles. The van der Waals surface area contributed by atoms with Crippen molar-refractivity contribution in [3.63, 3.8) is 0 Å². The highest BCUT2D eigenvalue weighted by atomic mass is 32.1. The largest absolute Gasteiger partial charge is 0.348 e. The van der Waals surface area contributed by atoms with Crippen LogP contribution in [-0.4, -0.2) is 60.0 Å². The molecular weight excluding hydrogens is 308 g/mol. The predicted octanol–water partition coefficient (Wildman–Crippen LogP) is 2.04. The number of piperazine rings is 1. The van der Waals surface area contributed by atoms with E-state index in [4.69, 9.17) is 4.98 Å². The third-order valence-electron chi connectivity index (χ3n) is 5.43. The second-order valence-electron chi connectivity index (χ2n) is 7.38. The molecule has 2 saturated carbocycles. The van der Waals surface area contributed by atoms with E-state index in [1.807, 2.05) is 0 Å². The highest BCUT2D eigenvalue weighted by molar-refractivity contribution is 7.13. The van der Waals surface area contributed by atoms with E-state index < -0.39 is 0 Å². The molecule has 2 heterocycles. The van der Waals surface area contributed by atoms with Crippen molar-refractivity contribution in [1.29, 1.82) is 0 Å². The van der Waals surface area contributed by atoms with Gasteiger partial charge in [-0.1, -0.05) is 6.92 Å². The Balaban J connectivity index is 1.27. The van der Waals surface area contributed by atoms with Gasteiger partial charge in [0.15, 0.2) is 5.13 Å². The summed E-state index contributed by atoms with van der Waals surface area (Å²) in [5.41, 5.74) is 1.17. The van der Waals surface area contributed by atoms with Crippen LogP contribution in [0.2, 0.25) is 0 Å². The molecule has 3 aliphatic rings. The number of amides is 1. The van der Waals surface area contributed by atoms with Gasteiger partial charge in [0.05, 0.1) is 5.69 Å². The fraction of sp³-hybridized carbons (Fsp3) is 0.765. The molecule has 1 aromatic rings. The molecule has 0 N–H and O–H groups in total. The Bertz CT molecular complexity index is 577. The number of hydrogen-bond acceptors (Lipinski definition) is 5. The first-order valence-electron chi connectivity index (χ1n) is 8.80. The van der Waals surface area contributed by atoms with Crippen LogP contribution in [0.3, 0.4) is 0 Å². The van der Waals surface area contributed by atoms with Crippen molar-refractivity contribution < 1.29 is 4.79 Å². The molecule has 5 nitrogen and oxygen atoms in total. The van der Waals surface area contributed by atoms with Gasteiger partial charge in [0, 0.05) is 57.1 Å². The lowest BCUT2D eigenvalue weighted by atomic mass is 10.2. The second kappa shape index (κ2) is 6.06. The van der Waals surface area contributed by atoms with Gasteiger partial charge >= 0.3 is 0 Å². The number of carbonyl (C=O) groups excluding carboxylic acids is 1. The van der Waals surface area contributed by atoms with Gasteiger partial charge in [-0.05, 0) is 25.2 Å². The molecule has 1 aliphatic heterocycles. The van der Waals surface area contributed by atoms with Gasteiger partial charge in [0.2, 0.25) is 5.91 Å². The van der Waals surface area contributed by atoms with Crippen molar-refractivity contribution in [2.24, 2.45) is 11.8 Å². The minimum absolute atomic E-state index is 0.320. The minimum atomic E-state index is 0.320. The summed E-state index contributed by atoms with van der Waals surface area (Å²) in [6.45, 7) is 6.78. The average Bonchev–Trinajstić information content (AvgIpc) is 3.47. The van der Waals surface area contributed by atoms with E-state index in [1.165, 1.54) is 18.5 Å². The van der Waals surface area contributed by atoms with Crippen LogP contribution in [0, 0.1) is 11.8 Å². The smallest absolute Gasteiger partial charge is 0.226 e. The number of anilines is 1. The summed E-state index contributed by atoms with van der Waals surface area (Å²) in [4.78, 5) is 23.9. The van der Waals surface area contributed by atoms with E-state index in [1.54, 1.807) is 11.3 Å². The fourth-order valence-electron chi connectivity index (χ4n) is 3.41. The van der Waals surface area contributed by atoms with Gasteiger partial charge in [0.25, 0.3) is 0 Å². The van der Waals surface area contributed by atoms with Crippen molar-refractivity contribution in [1.82, 2.24) is 14.8 Å². The zero-order valence-electron chi connectivity index (χ0n) is 14.1. The van der Waals surface area contributed by atoms with Crippen molar-refractivity contribution in [2.75, 3.05) is 38.1 Å². The Labute approximate surface area is 142 Å². The first-order chi connectivity index (χ1) is 11.1. The molecule has 23 heavy (non-hydrogen) atoms. The monoisotopic (exact) mass is 334 g/mol. The summed E-state index contributed by atoms with van der Waals surface area (Å²) in [6, 6.07) is 0.716. The van der Waals surface area contributed by atoms with E-state index in [0.29, 0.717) is 23.8 Å². The third kappa shape index (κ3) is 3.38. The summed E-state index contributed by atoms with van der Waals surface area (Å²) in [6.07, 6.45) is 3.71. The van der Waals surface area contributed by atoms with Crippen LogP contribution >= 0.6 is 11.3 Å². The topological polar surface area (TPSA) is 39.7 Å². The molecule has 2 atom stereocenters. The van der Waals surface area contributed by atoms with E-state index in [9.17, 15) is 4.79 Å². The molecule has 4 rings (SSSR count). The van der Waals surface area contributed by atoms with Gasteiger partial charge in [-0.15, -0.1) is 11.3 Å². The number of hydrogen-bond donors (Lipinski definition) is 0. The van der Waals surface area contributed by atoms with Crippen LogP contribution in [0.5, 0.6) is 0 Å². The number of rotatable bonds is 5. The number of nitrogens with zero attached hydrogens (tertiary/aromatic N) is 4. The zero-order chi connectivity index (χ0) is 16.0. The molecule has 126 valence electrons. The first kappa shape index (κ1) is 15.4. The number of aromatic nitrogens is 1. The molecule has 0 aromatic carbocycles. The van der Waals surface area contributed by atoms with Crippen LogP contribution in [0.25, 0.3) is 0 Å². The van der Waals surface area contributed by atoms with E-state index in [0.717, 1.165) is 44.3 Å². The van der Waals surface area contributed by atoms with Gasteiger partial charge < -0.3 is 9.80 Å². The van der Waals surface area contributed by atoms with Crippen LogP contribution in [0.4, 0.5) is 5.13 Å². The normalized spacial score (nSPS) is 28.0. The summed E-state index contributed by atoms with van der Waals surface area (Å²) in [5, 5.41) is 3.34. The number of thiazole rings is 1. The maximum absolute atomic E-state index is 12.3. The van der Waals surface area contributed by atoms with Crippen molar-refractivity contribution in [2.45, 2.75) is 38.8 Å². The van der Waals surface area contributed by atoms with Crippen molar-refractivity contribution in [3.05, 3.63) is 11.1 Å². The standard InChI is InChI=1S/C17H26N4OS/c1-12-9-15(12)16(22)21-7-5-20(6-8-21)10-13-11-23-17(18-13)19(2)14-3-4-14/h11-12,14-15H,3-10H2,1-2H3/t12-,15-/m0/s1. The summed E-state index contributed by atoms with van der Waals surface area (Å²) >= 11 is 1.76. The van der Waals surface area contributed by atoms with Gasteiger partial charge in [0.1, 0.15) is 0 Å². The van der Waals surface area contributed by atoms with Gasteiger partial charge in [-0.3, -0.25) is 9.69 Å². The maximum Gasteiger partial charge on any atom is 0.226 e. The molecule has 1 aromatic heterocycles. The highest BCUT2D eigenvalue weighted by Crippen LogP contribution is 2.39. The Kier molecular flexibility index (Phi) is 4.05. The van der Waals surface area contributed by atoms with Crippen LogP contribution < -0.4 is 4.90 Å². The second-order valence-corrected chi connectivity index (χ2v) is 8.22. The molecular formula is C17H26N4OS. The Hall–Kier alpha value is -1.14. The zero-order valence-corrected chi connectivity index (χ0v) is 14.9. The average molecular weight is 334 g/mol. The van der Waals surface area contributed by atoms with E-state index in [2.05, 4.69) is 34.1 Å². The minimum Gasteiger partial charge on any atom is -0.348 e. The van der Waals surface area contributed by atoms with Gasteiger partial charge in [-0.2, -0.15) is 0 Å². The summed E-state index contributed by atoms with van der Waals surface area (Å²) in [5.74, 6) is 1.32. The van der Waals surface area contributed by atoms with Crippen LogP contribution in [0.15, 0.2) is 5.38 Å². The summed E-state index contributed by atoms with van der Waals surface area (Å²) < 4.78 is 0. The van der Waals surface area contributed by atoms with Gasteiger partial charge in [-0.25, -0.2) is 4.98 Å². The third-order valence-corrected chi connectivity index (χ3v) is 6.41. The molecule has 0 unspecified atom stereocenters. The lowest BCUT2D eigenvalue weighted by Crippen LogP contribution is -2.48. The van der Waals surface area contributed by atoms with Crippen molar-refractivity contribution >= 4 is 22.4 Å². The lowest BCUT2D eigenvalue weighted by Gasteiger charge is -2.34. The molecule has 1 amide bonds. The van der Waals surface area contributed by atoms with E-state index >= 15 is 0 Å². The highest BCUT2D eigenvalue weighted by Gasteiger charge is 2.41. The van der Waals surface area contributed by atoms with Crippen LogP contribution in [-0.2, 0) is 11.3 Å². The Morgan fingerprint density at radius 2 is 2.04 bits per heavy atom. The van der Waals surface area contributed by atoms with Crippen molar-refractivity contribution in [3.8, 4) is 0 Å². The molecule has 0 bridgehead atoms. The van der Waals surface area contributed by atoms with Crippen LogP contribution in [0.1, 0.15) is 31.9 Å². The quantitative estimate of drug-likeness (QED) is 0.826. The lowest BCUT2D eigenvalue weighted by molar-refractivity contribution is -0.134. The Morgan fingerprint density at radius 3 is 2.65 bits per heavy atom. The SMILES string of the molecule is C[C@H]1C[C@@H]1C(=O)N1CCN(Cc2csc(N(C)C3CC3)n2)CC1. The Morgan fingerprint density at radius 1 is 1.35 bits per heavy atom. The predicted molar refractivity (Wildman–Crippen MR) is 92.7 cm³/mol. The molecule has 0 radical (unpaired) electrons. The van der Waals surface area contributed by atoms with E-state index in [-0.39, 0.29) is 0 Å². The maximum atomic E-state index is 12.3. The number of carbonyl (C=O) groups is 1. The fourth-order valence-corrected chi connectivity index (χ4v) is 4.26. The summed E-state index contributed by atoms with van der Waals surface area (Å²) in [7, 11) is 2.16. The molecule has 0 spiro atoms. The molecule has 3 fully saturated rings. The molecule has 1 saturated heterocycles. The molecule has 6 heteroatoms.